The van der Waals surface area contributed by atoms with Crippen molar-refractivity contribution in [3.05, 3.63) is 12.7 Å². The summed E-state index contributed by atoms with van der Waals surface area (Å²) in [5.41, 5.74) is 0. The third-order valence-electron chi connectivity index (χ3n) is 1.34. The summed E-state index contributed by atoms with van der Waals surface area (Å²) in [5, 5.41) is 8.99. The van der Waals surface area contributed by atoms with Crippen molar-refractivity contribution in [2.45, 2.75) is 18.6 Å². The standard InChI is InChI=1S/C6H10O2/c1-2-6-5(7)3-4-8-6/h2,5-7H,1,3-4H2/t5-,6-/m0/s1. The Labute approximate surface area is 48.8 Å². The van der Waals surface area contributed by atoms with Crippen molar-refractivity contribution in [2.24, 2.45) is 0 Å². The molecule has 0 spiro atoms. The lowest BCUT2D eigenvalue weighted by molar-refractivity contribution is 0.0751. The summed E-state index contributed by atoms with van der Waals surface area (Å²) in [6, 6.07) is 0. The molecule has 2 nitrogen and oxygen atoms in total. The van der Waals surface area contributed by atoms with E-state index in [9.17, 15) is 0 Å². The van der Waals surface area contributed by atoms with E-state index in [0.717, 1.165) is 6.42 Å². The third kappa shape index (κ3) is 0.904. The zero-order chi connectivity index (χ0) is 5.98. The zero-order valence-electron chi connectivity index (χ0n) is 4.71. The lowest BCUT2D eigenvalue weighted by Crippen LogP contribution is -2.16. The Morgan fingerprint density at radius 3 is 2.75 bits per heavy atom. The predicted octanol–water partition coefficient (Wildman–Crippen LogP) is 0.322. The first-order valence-electron chi connectivity index (χ1n) is 2.77. The molecule has 0 amide bonds. The molecular weight excluding hydrogens is 104 g/mol. The fraction of sp³-hybridized carbons (Fsp3) is 0.667. The molecule has 46 valence electrons. The minimum absolute atomic E-state index is 0.116. The molecule has 1 saturated heterocycles. The molecule has 0 aromatic carbocycles. The fourth-order valence-electron chi connectivity index (χ4n) is 0.825. The summed E-state index contributed by atoms with van der Waals surface area (Å²) in [4.78, 5) is 0. The van der Waals surface area contributed by atoms with Crippen LogP contribution in [0.5, 0.6) is 0 Å². The van der Waals surface area contributed by atoms with Gasteiger partial charge in [0.1, 0.15) is 6.10 Å². The van der Waals surface area contributed by atoms with Crippen molar-refractivity contribution in [1.82, 2.24) is 0 Å². The second kappa shape index (κ2) is 2.29. The average Bonchev–Trinajstić information content (AvgIpc) is 2.14. The Bertz CT molecular complexity index is 90.5. The monoisotopic (exact) mass is 114 g/mol. The molecule has 1 aliphatic rings. The van der Waals surface area contributed by atoms with Gasteiger partial charge in [-0.1, -0.05) is 6.08 Å². The van der Waals surface area contributed by atoms with E-state index in [1.807, 2.05) is 0 Å². The molecule has 0 aromatic rings. The maximum atomic E-state index is 8.99. The highest BCUT2D eigenvalue weighted by Crippen LogP contribution is 2.12. The number of aliphatic hydroxyl groups is 1. The highest BCUT2D eigenvalue weighted by atomic mass is 16.5. The highest BCUT2D eigenvalue weighted by Gasteiger charge is 2.22. The van der Waals surface area contributed by atoms with E-state index in [4.69, 9.17) is 9.84 Å². The van der Waals surface area contributed by atoms with Gasteiger partial charge in [0.05, 0.1) is 12.7 Å². The van der Waals surface area contributed by atoms with E-state index in [-0.39, 0.29) is 12.2 Å². The molecule has 2 atom stereocenters. The maximum absolute atomic E-state index is 8.99. The van der Waals surface area contributed by atoms with Crippen molar-refractivity contribution in [3.63, 3.8) is 0 Å². The number of hydrogen-bond donors (Lipinski definition) is 1. The van der Waals surface area contributed by atoms with Gasteiger partial charge in [0.2, 0.25) is 0 Å². The van der Waals surface area contributed by atoms with Crippen LogP contribution in [0.3, 0.4) is 0 Å². The fourth-order valence-corrected chi connectivity index (χ4v) is 0.825. The van der Waals surface area contributed by atoms with Crippen LogP contribution in [0.4, 0.5) is 0 Å². The Morgan fingerprint density at radius 1 is 1.75 bits per heavy atom. The van der Waals surface area contributed by atoms with Crippen LogP contribution in [0.1, 0.15) is 6.42 Å². The molecule has 0 radical (unpaired) electrons. The Morgan fingerprint density at radius 2 is 2.50 bits per heavy atom. The van der Waals surface area contributed by atoms with Crippen molar-refractivity contribution in [1.29, 1.82) is 0 Å². The minimum Gasteiger partial charge on any atom is -0.390 e. The first-order chi connectivity index (χ1) is 3.84. The van der Waals surface area contributed by atoms with E-state index in [0.29, 0.717) is 6.61 Å². The van der Waals surface area contributed by atoms with Crippen LogP contribution >= 0.6 is 0 Å². The largest absolute Gasteiger partial charge is 0.390 e. The van der Waals surface area contributed by atoms with Crippen LogP contribution in [-0.2, 0) is 4.74 Å². The highest BCUT2D eigenvalue weighted by molar-refractivity contribution is 4.89. The van der Waals surface area contributed by atoms with Crippen molar-refractivity contribution in [3.8, 4) is 0 Å². The normalized spacial score (nSPS) is 37.6. The Hall–Kier alpha value is -0.340. The van der Waals surface area contributed by atoms with Gasteiger partial charge in [0.15, 0.2) is 0 Å². The molecule has 0 aliphatic carbocycles. The van der Waals surface area contributed by atoms with E-state index in [1.165, 1.54) is 0 Å². The summed E-state index contributed by atoms with van der Waals surface area (Å²) in [5.74, 6) is 0. The average molecular weight is 114 g/mol. The summed E-state index contributed by atoms with van der Waals surface area (Å²) < 4.78 is 5.05. The molecule has 1 rings (SSSR count). The van der Waals surface area contributed by atoms with E-state index >= 15 is 0 Å². The van der Waals surface area contributed by atoms with Crippen LogP contribution in [0, 0.1) is 0 Å². The molecule has 1 fully saturated rings. The van der Waals surface area contributed by atoms with Crippen LogP contribution in [0.25, 0.3) is 0 Å². The van der Waals surface area contributed by atoms with E-state index < -0.39 is 0 Å². The minimum atomic E-state index is -0.313. The van der Waals surface area contributed by atoms with Gasteiger partial charge in [-0.25, -0.2) is 0 Å². The summed E-state index contributed by atoms with van der Waals surface area (Å²) in [6.07, 6.45) is 1.96. The van der Waals surface area contributed by atoms with Gasteiger partial charge < -0.3 is 9.84 Å². The first-order valence-corrected chi connectivity index (χ1v) is 2.77. The Kier molecular flexibility index (Phi) is 1.65. The van der Waals surface area contributed by atoms with Gasteiger partial charge in [-0.05, 0) is 6.42 Å². The third-order valence-corrected chi connectivity index (χ3v) is 1.34. The molecule has 0 bridgehead atoms. The molecule has 0 aromatic heterocycles. The summed E-state index contributed by atoms with van der Waals surface area (Å²) in [7, 11) is 0. The number of aliphatic hydroxyl groups excluding tert-OH is 1. The Balaban J connectivity index is 2.41. The molecule has 8 heavy (non-hydrogen) atoms. The van der Waals surface area contributed by atoms with Crippen LogP contribution in [-0.4, -0.2) is 23.9 Å². The second-order valence-corrected chi connectivity index (χ2v) is 1.93. The van der Waals surface area contributed by atoms with Crippen molar-refractivity contribution in [2.75, 3.05) is 6.61 Å². The lowest BCUT2D eigenvalue weighted by atomic mass is 10.2. The van der Waals surface area contributed by atoms with Gasteiger partial charge in [-0.2, -0.15) is 0 Å². The lowest BCUT2D eigenvalue weighted by Gasteiger charge is -2.05. The zero-order valence-corrected chi connectivity index (χ0v) is 4.71. The van der Waals surface area contributed by atoms with Gasteiger partial charge in [0.25, 0.3) is 0 Å². The topological polar surface area (TPSA) is 29.5 Å². The summed E-state index contributed by atoms with van der Waals surface area (Å²) >= 11 is 0. The molecule has 2 heteroatoms. The van der Waals surface area contributed by atoms with Gasteiger partial charge in [-0.3, -0.25) is 0 Å². The predicted molar refractivity (Wildman–Crippen MR) is 30.6 cm³/mol. The number of rotatable bonds is 1. The SMILES string of the molecule is C=C[C@@H]1OCC[C@@H]1O. The molecule has 0 unspecified atom stereocenters. The first kappa shape index (κ1) is 5.79. The quantitative estimate of drug-likeness (QED) is 0.497. The van der Waals surface area contributed by atoms with Crippen LogP contribution < -0.4 is 0 Å². The van der Waals surface area contributed by atoms with Gasteiger partial charge in [0, 0.05) is 0 Å². The molecular formula is C6H10O2. The van der Waals surface area contributed by atoms with Crippen molar-refractivity contribution < 1.29 is 9.84 Å². The number of hydrogen-bond acceptors (Lipinski definition) is 2. The maximum Gasteiger partial charge on any atom is 0.101 e. The van der Waals surface area contributed by atoms with Crippen LogP contribution in [0.2, 0.25) is 0 Å². The molecule has 1 heterocycles. The van der Waals surface area contributed by atoms with Gasteiger partial charge in [-0.15, -0.1) is 6.58 Å². The molecule has 1 N–H and O–H groups in total. The van der Waals surface area contributed by atoms with Crippen molar-refractivity contribution >= 4 is 0 Å². The second-order valence-electron chi connectivity index (χ2n) is 1.93. The molecule has 0 saturated carbocycles. The number of ether oxygens (including phenoxy) is 1. The summed E-state index contributed by atoms with van der Waals surface area (Å²) in [6.45, 7) is 4.17. The van der Waals surface area contributed by atoms with E-state index in [1.54, 1.807) is 6.08 Å². The smallest absolute Gasteiger partial charge is 0.101 e. The van der Waals surface area contributed by atoms with E-state index in [2.05, 4.69) is 6.58 Å². The molecule has 1 aliphatic heterocycles. The van der Waals surface area contributed by atoms with Gasteiger partial charge >= 0.3 is 0 Å². The van der Waals surface area contributed by atoms with Crippen LogP contribution in [0.15, 0.2) is 12.7 Å².